The van der Waals surface area contributed by atoms with Gasteiger partial charge in [0.05, 0.1) is 10.7 Å². The average Bonchev–Trinajstić information content (AvgIpc) is 2.66. The molecule has 7 heteroatoms. The minimum Gasteiger partial charge on any atom is -0.280 e. The quantitative estimate of drug-likeness (QED) is 0.507. The molecule has 0 saturated carbocycles. The van der Waals surface area contributed by atoms with Crippen molar-refractivity contribution in [2.45, 2.75) is 6.92 Å². The number of fused-ring (bicyclic) bond motifs is 1. The van der Waals surface area contributed by atoms with Gasteiger partial charge in [0.1, 0.15) is 11.7 Å². The maximum absolute atomic E-state index is 12.8. The van der Waals surface area contributed by atoms with E-state index < -0.39 is 11.2 Å². The molecule has 0 N–H and O–H groups in total. The lowest BCUT2D eigenvalue weighted by Crippen LogP contribution is -2.38. The molecule has 3 rings (SSSR count). The number of hydrogen-bond donors (Lipinski definition) is 0. The van der Waals surface area contributed by atoms with Gasteiger partial charge in [-0.1, -0.05) is 42.2 Å². The van der Waals surface area contributed by atoms with E-state index in [1.165, 1.54) is 24.1 Å². The van der Waals surface area contributed by atoms with Crippen molar-refractivity contribution >= 4 is 22.6 Å². The van der Waals surface area contributed by atoms with Crippen LogP contribution in [-0.2, 0) is 7.05 Å². The van der Waals surface area contributed by atoms with Crippen molar-refractivity contribution in [1.29, 1.82) is 0 Å². The maximum atomic E-state index is 12.8. The van der Waals surface area contributed by atoms with E-state index in [0.29, 0.717) is 5.56 Å². The van der Waals surface area contributed by atoms with Gasteiger partial charge < -0.3 is 0 Å². The molecule has 0 unspecified atom stereocenters. The van der Waals surface area contributed by atoms with E-state index in [2.05, 4.69) is 28.4 Å². The van der Waals surface area contributed by atoms with Crippen LogP contribution in [0.4, 0.5) is 0 Å². The lowest BCUT2D eigenvalue weighted by molar-refractivity contribution is 0.762. The lowest BCUT2D eigenvalue weighted by atomic mass is 10.2. The van der Waals surface area contributed by atoms with E-state index in [9.17, 15) is 9.59 Å². The Morgan fingerprint density at radius 2 is 2.11 bits per heavy atom. The molecular formula is C20H15ClN4O2. The summed E-state index contributed by atoms with van der Waals surface area (Å²) in [6, 6.07) is 4.91. The second kappa shape index (κ2) is 7.44. The van der Waals surface area contributed by atoms with E-state index in [1.54, 1.807) is 30.4 Å². The van der Waals surface area contributed by atoms with Crippen molar-refractivity contribution in [2.75, 3.05) is 0 Å². The molecule has 0 saturated heterocycles. The predicted octanol–water partition coefficient (Wildman–Crippen LogP) is 2.62. The molecule has 134 valence electrons. The summed E-state index contributed by atoms with van der Waals surface area (Å²) in [5, 5.41) is 0.465. The number of aromatic nitrogens is 4. The molecule has 3 aromatic rings. The summed E-state index contributed by atoms with van der Waals surface area (Å²) in [5.41, 5.74) is 0.978. The second-order valence-electron chi connectivity index (χ2n) is 5.74. The second-order valence-corrected chi connectivity index (χ2v) is 6.15. The summed E-state index contributed by atoms with van der Waals surface area (Å²) < 4.78 is 2.29. The first kappa shape index (κ1) is 18.4. The monoisotopic (exact) mass is 378 g/mol. The van der Waals surface area contributed by atoms with Crippen LogP contribution in [0.5, 0.6) is 0 Å². The maximum Gasteiger partial charge on any atom is 0.337 e. The van der Waals surface area contributed by atoms with E-state index in [1.807, 2.05) is 6.92 Å². The smallest absolute Gasteiger partial charge is 0.280 e. The van der Waals surface area contributed by atoms with Gasteiger partial charge in [-0.3, -0.25) is 9.36 Å². The Kier molecular flexibility index (Phi) is 5.06. The fourth-order valence-corrected chi connectivity index (χ4v) is 2.82. The van der Waals surface area contributed by atoms with Crippen LogP contribution in [-0.4, -0.2) is 19.1 Å². The Balaban J connectivity index is 2.19. The van der Waals surface area contributed by atoms with E-state index in [0.717, 1.165) is 10.1 Å². The number of hydrogen-bond acceptors (Lipinski definition) is 4. The number of benzene rings is 1. The van der Waals surface area contributed by atoms with E-state index >= 15 is 0 Å². The molecule has 2 aromatic heterocycles. The fraction of sp³-hybridized carbons (Fsp3) is 0.100. The van der Waals surface area contributed by atoms with Crippen LogP contribution < -0.4 is 11.2 Å². The van der Waals surface area contributed by atoms with Crippen molar-refractivity contribution in [1.82, 2.24) is 19.1 Å². The zero-order valence-electron chi connectivity index (χ0n) is 14.7. The third-order valence-corrected chi connectivity index (χ3v) is 4.18. The largest absolute Gasteiger partial charge is 0.337 e. The van der Waals surface area contributed by atoms with Crippen LogP contribution in [0.2, 0.25) is 5.02 Å². The van der Waals surface area contributed by atoms with Gasteiger partial charge in [-0.05, 0) is 30.7 Å². The fourth-order valence-electron chi connectivity index (χ4n) is 2.56. The third-order valence-electron chi connectivity index (χ3n) is 3.88. The van der Waals surface area contributed by atoms with Gasteiger partial charge in [-0.15, -0.1) is 0 Å². The standard InChI is InChI=1S/C20H15ClN4O2/c1-4-5-13(2)6-7-14-8-9-17(16(21)10-14)25-19(26)15-11-22-12-23-18(15)24(3)20(25)27/h4-5,8-12H,1H2,2-3H3/b13-5+. The Hall–Kier alpha value is -3.43. The summed E-state index contributed by atoms with van der Waals surface area (Å²) in [7, 11) is 1.54. The number of nitrogens with zero attached hydrogens (tertiary/aromatic N) is 4. The molecule has 0 aliphatic carbocycles. The molecule has 0 aliphatic rings. The van der Waals surface area contributed by atoms with Crippen LogP contribution in [0.25, 0.3) is 16.7 Å². The molecule has 6 nitrogen and oxygen atoms in total. The molecular weight excluding hydrogens is 364 g/mol. The zero-order valence-corrected chi connectivity index (χ0v) is 15.5. The zero-order chi connectivity index (χ0) is 19.6. The minimum absolute atomic E-state index is 0.227. The lowest BCUT2D eigenvalue weighted by Gasteiger charge is -2.11. The van der Waals surface area contributed by atoms with Gasteiger partial charge in [0.25, 0.3) is 5.56 Å². The number of aryl methyl sites for hydroxylation is 1. The van der Waals surface area contributed by atoms with E-state index in [4.69, 9.17) is 11.6 Å². The molecule has 0 fully saturated rings. The summed E-state index contributed by atoms with van der Waals surface area (Å²) in [5.74, 6) is 5.95. The summed E-state index contributed by atoms with van der Waals surface area (Å²) in [6.45, 7) is 5.49. The highest BCUT2D eigenvalue weighted by Crippen LogP contribution is 2.20. The van der Waals surface area contributed by atoms with Crippen LogP contribution in [0.15, 0.2) is 64.6 Å². The molecule has 0 aliphatic heterocycles. The van der Waals surface area contributed by atoms with Gasteiger partial charge >= 0.3 is 5.69 Å². The Morgan fingerprint density at radius 3 is 2.81 bits per heavy atom. The summed E-state index contributed by atoms with van der Waals surface area (Å²) in [6.07, 6.45) is 6.12. The van der Waals surface area contributed by atoms with Crippen molar-refractivity contribution in [3.05, 3.63) is 86.5 Å². The molecule has 0 bridgehead atoms. The minimum atomic E-state index is -0.545. The molecule has 2 heterocycles. The highest BCUT2D eigenvalue weighted by Gasteiger charge is 2.15. The normalized spacial score (nSPS) is 11.1. The van der Waals surface area contributed by atoms with Gasteiger partial charge in [0.15, 0.2) is 5.65 Å². The van der Waals surface area contributed by atoms with Gasteiger partial charge in [0, 0.05) is 18.8 Å². The summed E-state index contributed by atoms with van der Waals surface area (Å²) >= 11 is 6.35. The van der Waals surface area contributed by atoms with Crippen molar-refractivity contribution in [2.24, 2.45) is 7.05 Å². The highest BCUT2D eigenvalue weighted by molar-refractivity contribution is 6.32. The molecule has 0 amide bonds. The highest BCUT2D eigenvalue weighted by atomic mass is 35.5. The topological polar surface area (TPSA) is 69.8 Å². The first-order chi connectivity index (χ1) is 12.9. The number of allylic oxidation sites excluding steroid dienone is 3. The van der Waals surface area contributed by atoms with Crippen molar-refractivity contribution < 1.29 is 0 Å². The van der Waals surface area contributed by atoms with Crippen LogP contribution >= 0.6 is 11.6 Å². The van der Waals surface area contributed by atoms with Crippen molar-refractivity contribution in [3.63, 3.8) is 0 Å². The van der Waals surface area contributed by atoms with Gasteiger partial charge in [-0.2, -0.15) is 0 Å². The van der Waals surface area contributed by atoms with Crippen LogP contribution in [0, 0.1) is 11.8 Å². The third kappa shape index (κ3) is 3.46. The molecule has 0 spiro atoms. The van der Waals surface area contributed by atoms with Gasteiger partial charge in [-0.25, -0.2) is 19.3 Å². The van der Waals surface area contributed by atoms with Crippen LogP contribution in [0.1, 0.15) is 12.5 Å². The molecule has 0 radical (unpaired) electrons. The van der Waals surface area contributed by atoms with Crippen molar-refractivity contribution in [3.8, 4) is 17.5 Å². The predicted molar refractivity (Wildman–Crippen MR) is 106 cm³/mol. The van der Waals surface area contributed by atoms with Gasteiger partial charge in [0.2, 0.25) is 0 Å². The molecule has 27 heavy (non-hydrogen) atoms. The average molecular weight is 379 g/mol. The van der Waals surface area contributed by atoms with Crippen LogP contribution in [0.3, 0.4) is 0 Å². The molecule has 0 atom stereocenters. The summed E-state index contributed by atoms with van der Waals surface area (Å²) in [4.78, 5) is 33.4. The molecule has 1 aromatic carbocycles. The number of halogens is 1. The SMILES string of the molecule is C=C/C=C(\C)C#Cc1ccc(-n2c(=O)c3cncnc3n(C)c2=O)c(Cl)c1. The van der Waals surface area contributed by atoms with E-state index in [-0.39, 0.29) is 21.7 Å². The first-order valence-electron chi connectivity index (χ1n) is 7.97. The first-order valence-corrected chi connectivity index (χ1v) is 8.35. The number of rotatable bonds is 2. The Morgan fingerprint density at radius 1 is 1.33 bits per heavy atom. The Bertz CT molecular complexity index is 1270. The Labute approximate surface area is 160 Å².